The van der Waals surface area contributed by atoms with Crippen LogP contribution in [0.1, 0.15) is 21.6 Å². The molecule has 2 heterocycles. The number of para-hydroxylation sites is 1. The third-order valence-corrected chi connectivity index (χ3v) is 5.66. The Kier molecular flexibility index (Phi) is 5.97. The molecule has 31 heavy (non-hydrogen) atoms. The molecule has 0 aliphatic carbocycles. The number of carbonyl (C=O) groups is 1. The van der Waals surface area contributed by atoms with Crippen LogP contribution in [-0.4, -0.2) is 51.4 Å². The highest BCUT2D eigenvalue weighted by atomic mass is 32.1. The zero-order valence-electron chi connectivity index (χ0n) is 16.6. The lowest BCUT2D eigenvalue weighted by molar-refractivity contribution is -0.137. The van der Waals surface area contributed by atoms with E-state index in [1.54, 1.807) is 15.7 Å². The molecule has 0 saturated carbocycles. The minimum atomic E-state index is -4.33. The van der Waals surface area contributed by atoms with Crippen molar-refractivity contribution in [2.75, 3.05) is 26.2 Å². The standard InChI is InChI=1S/C22H21F3N4OS/c23-22(24,25)17-8-6-16(7-9-17)15-27-10-12-28(13-11-27)20(30)19-14-26-21(31)29(19)18-4-2-1-3-5-18/h1-9,14H,10-13,15H2,(H,26,31). The number of aromatic nitrogens is 2. The molecule has 9 heteroatoms. The van der Waals surface area contributed by atoms with E-state index < -0.39 is 11.7 Å². The van der Waals surface area contributed by atoms with Crippen molar-refractivity contribution in [1.29, 1.82) is 0 Å². The van der Waals surface area contributed by atoms with Crippen molar-refractivity contribution < 1.29 is 18.0 Å². The van der Waals surface area contributed by atoms with Gasteiger partial charge in [-0.05, 0) is 42.0 Å². The van der Waals surface area contributed by atoms with Gasteiger partial charge in [0.25, 0.3) is 5.91 Å². The maximum Gasteiger partial charge on any atom is 0.416 e. The largest absolute Gasteiger partial charge is 0.416 e. The van der Waals surface area contributed by atoms with Crippen LogP contribution in [0.5, 0.6) is 0 Å². The van der Waals surface area contributed by atoms with Crippen molar-refractivity contribution in [3.05, 3.63) is 82.4 Å². The normalized spacial score (nSPS) is 15.3. The summed E-state index contributed by atoms with van der Waals surface area (Å²) in [5, 5.41) is 0. The van der Waals surface area contributed by atoms with E-state index in [1.807, 2.05) is 30.3 Å². The molecular weight excluding hydrogens is 425 g/mol. The van der Waals surface area contributed by atoms with E-state index in [4.69, 9.17) is 12.2 Å². The van der Waals surface area contributed by atoms with Crippen LogP contribution in [0.2, 0.25) is 0 Å². The molecular formula is C22H21F3N4OS. The maximum atomic E-state index is 13.1. The number of aromatic amines is 1. The van der Waals surface area contributed by atoms with Crippen LogP contribution in [0.25, 0.3) is 5.69 Å². The minimum absolute atomic E-state index is 0.106. The molecule has 0 bridgehead atoms. The highest BCUT2D eigenvalue weighted by molar-refractivity contribution is 7.71. The van der Waals surface area contributed by atoms with Gasteiger partial charge in [-0.3, -0.25) is 14.3 Å². The van der Waals surface area contributed by atoms with Crippen molar-refractivity contribution >= 4 is 18.1 Å². The van der Waals surface area contributed by atoms with Crippen LogP contribution < -0.4 is 0 Å². The number of imidazole rings is 1. The number of benzene rings is 2. The number of nitrogens with one attached hydrogen (secondary N) is 1. The van der Waals surface area contributed by atoms with Gasteiger partial charge in [0.2, 0.25) is 0 Å². The molecule has 4 rings (SSSR count). The van der Waals surface area contributed by atoms with Crippen LogP contribution in [0.15, 0.2) is 60.8 Å². The predicted molar refractivity (Wildman–Crippen MR) is 114 cm³/mol. The third kappa shape index (κ3) is 4.72. The SMILES string of the molecule is O=C(c1c[nH]c(=S)n1-c1ccccc1)N1CCN(Cc2ccc(C(F)(F)F)cc2)CC1. The Labute approximate surface area is 182 Å². The first-order valence-corrected chi connectivity index (χ1v) is 10.3. The first-order valence-electron chi connectivity index (χ1n) is 9.86. The summed E-state index contributed by atoms with van der Waals surface area (Å²) in [6, 6.07) is 14.7. The molecule has 1 aromatic heterocycles. The summed E-state index contributed by atoms with van der Waals surface area (Å²) < 4.78 is 40.3. The molecule has 1 amide bonds. The summed E-state index contributed by atoms with van der Waals surface area (Å²) in [6.07, 6.45) is -2.70. The topological polar surface area (TPSA) is 44.3 Å². The molecule has 5 nitrogen and oxygen atoms in total. The Balaban J connectivity index is 1.40. The zero-order chi connectivity index (χ0) is 22.0. The van der Waals surface area contributed by atoms with Gasteiger partial charge in [-0.2, -0.15) is 13.2 Å². The second-order valence-electron chi connectivity index (χ2n) is 7.41. The second-order valence-corrected chi connectivity index (χ2v) is 7.80. The lowest BCUT2D eigenvalue weighted by atomic mass is 10.1. The molecule has 1 N–H and O–H groups in total. The molecule has 0 radical (unpaired) electrons. The average molecular weight is 446 g/mol. The van der Waals surface area contributed by atoms with E-state index in [9.17, 15) is 18.0 Å². The number of halogens is 3. The Morgan fingerprint density at radius 3 is 2.23 bits per heavy atom. The molecule has 3 aromatic rings. The Morgan fingerprint density at radius 1 is 0.968 bits per heavy atom. The predicted octanol–water partition coefficient (Wildman–Crippen LogP) is 4.51. The lowest BCUT2D eigenvalue weighted by Crippen LogP contribution is -2.48. The smallest absolute Gasteiger partial charge is 0.336 e. The number of piperazine rings is 1. The number of H-pyrrole nitrogens is 1. The fraction of sp³-hybridized carbons (Fsp3) is 0.273. The van der Waals surface area contributed by atoms with Gasteiger partial charge in [-0.15, -0.1) is 0 Å². The fourth-order valence-electron chi connectivity index (χ4n) is 3.69. The van der Waals surface area contributed by atoms with Crippen LogP contribution in [0.3, 0.4) is 0 Å². The van der Waals surface area contributed by atoms with Gasteiger partial charge in [0.15, 0.2) is 4.77 Å². The first-order chi connectivity index (χ1) is 14.8. The molecule has 2 aromatic carbocycles. The van der Waals surface area contributed by atoms with Gasteiger partial charge >= 0.3 is 6.18 Å². The zero-order valence-corrected chi connectivity index (χ0v) is 17.4. The van der Waals surface area contributed by atoms with Crippen molar-refractivity contribution in [2.45, 2.75) is 12.7 Å². The molecule has 1 aliphatic heterocycles. The Bertz CT molecular complexity index is 1100. The molecule has 1 saturated heterocycles. The van der Waals surface area contributed by atoms with Crippen LogP contribution in [0, 0.1) is 4.77 Å². The van der Waals surface area contributed by atoms with E-state index in [-0.39, 0.29) is 5.91 Å². The van der Waals surface area contributed by atoms with E-state index in [0.717, 1.165) is 23.4 Å². The van der Waals surface area contributed by atoms with Crippen molar-refractivity contribution in [1.82, 2.24) is 19.4 Å². The van der Waals surface area contributed by atoms with Gasteiger partial charge in [-0.1, -0.05) is 30.3 Å². The van der Waals surface area contributed by atoms with Crippen molar-refractivity contribution in [3.8, 4) is 5.69 Å². The van der Waals surface area contributed by atoms with Gasteiger partial charge in [0, 0.05) is 44.6 Å². The quantitative estimate of drug-likeness (QED) is 0.600. The highest BCUT2D eigenvalue weighted by Crippen LogP contribution is 2.29. The number of rotatable bonds is 4. The van der Waals surface area contributed by atoms with Gasteiger partial charge in [-0.25, -0.2) is 0 Å². The Morgan fingerprint density at radius 2 is 1.61 bits per heavy atom. The second kappa shape index (κ2) is 8.68. The number of amides is 1. The number of carbonyl (C=O) groups excluding carboxylic acids is 1. The molecule has 162 valence electrons. The highest BCUT2D eigenvalue weighted by Gasteiger charge is 2.30. The van der Waals surface area contributed by atoms with Crippen LogP contribution >= 0.6 is 12.2 Å². The molecule has 0 unspecified atom stereocenters. The van der Waals surface area contributed by atoms with E-state index in [1.165, 1.54) is 12.1 Å². The number of nitrogens with zero attached hydrogens (tertiary/aromatic N) is 3. The third-order valence-electron chi connectivity index (χ3n) is 5.36. The summed E-state index contributed by atoms with van der Waals surface area (Å²) in [5.74, 6) is -0.106. The van der Waals surface area contributed by atoms with E-state index in [0.29, 0.717) is 43.2 Å². The van der Waals surface area contributed by atoms with Gasteiger partial charge in [0.05, 0.1) is 5.56 Å². The number of hydrogen-bond acceptors (Lipinski definition) is 3. The summed E-state index contributed by atoms with van der Waals surface area (Å²) in [4.78, 5) is 20.0. The number of alkyl halides is 3. The van der Waals surface area contributed by atoms with E-state index in [2.05, 4.69) is 9.88 Å². The van der Waals surface area contributed by atoms with Crippen LogP contribution in [0.4, 0.5) is 13.2 Å². The monoisotopic (exact) mass is 446 g/mol. The summed E-state index contributed by atoms with van der Waals surface area (Å²) >= 11 is 5.36. The summed E-state index contributed by atoms with van der Waals surface area (Å²) in [5.41, 5.74) is 1.47. The van der Waals surface area contributed by atoms with Crippen LogP contribution in [-0.2, 0) is 12.7 Å². The molecule has 1 aliphatic rings. The van der Waals surface area contributed by atoms with Gasteiger partial charge in [0.1, 0.15) is 5.69 Å². The fourth-order valence-corrected chi connectivity index (χ4v) is 3.95. The van der Waals surface area contributed by atoms with E-state index >= 15 is 0 Å². The lowest BCUT2D eigenvalue weighted by Gasteiger charge is -2.34. The summed E-state index contributed by atoms with van der Waals surface area (Å²) in [7, 11) is 0. The Hall–Kier alpha value is -2.91. The molecule has 1 fully saturated rings. The minimum Gasteiger partial charge on any atom is -0.336 e. The molecule has 0 atom stereocenters. The maximum absolute atomic E-state index is 13.1. The van der Waals surface area contributed by atoms with Crippen molar-refractivity contribution in [3.63, 3.8) is 0 Å². The molecule has 0 spiro atoms. The summed E-state index contributed by atoms with van der Waals surface area (Å²) in [6.45, 7) is 2.90. The van der Waals surface area contributed by atoms with Gasteiger partial charge < -0.3 is 9.88 Å². The van der Waals surface area contributed by atoms with Crippen molar-refractivity contribution in [2.24, 2.45) is 0 Å². The first kappa shape index (κ1) is 21.3. The number of hydrogen-bond donors (Lipinski definition) is 1. The average Bonchev–Trinajstić information content (AvgIpc) is 3.15.